The number of carbonyl (C=O) groups excluding carboxylic acids is 1. The average Bonchev–Trinajstić information content (AvgIpc) is 2.46. The van der Waals surface area contributed by atoms with E-state index < -0.39 is 6.36 Å². The second-order valence-electron chi connectivity index (χ2n) is 5.60. The Hall–Kier alpha value is -1.96. The third-order valence-electron chi connectivity index (χ3n) is 3.64. The van der Waals surface area contributed by atoms with E-state index in [2.05, 4.69) is 20.3 Å². The SMILES string of the molecule is CN1CCC(NC(=O)NCc2cccc(OC(F)(F)F)c2)CC1. The van der Waals surface area contributed by atoms with Gasteiger partial charge in [-0.1, -0.05) is 12.1 Å². The Kier molecular flexibility index (Phi) is 5.70. The topological polar surface area (TPSA) is 53.6 Å². The molecule has 2 N–H and O–H groups in total. The molecule has 1 aromatic rings. The zero-order valence-corrected chi connectivity index (χ0v) is 12.8. The van der Waals surface area contributed by atoms with Crippen LogP contribution >= 0.6 is 0 Å². The number of amides is 2. The summed E-state index contributed by atoms with van der Waals surface area (Å²) in [6, 6.07) is 5.36. The maximum absolute atomic E-state index is 12.2. The van der Waals surface area contributed by atoms with Crippen molar-refractivity contribution in [1.82, 2.24) is 15.5 Å². The van der Waals surface area contributed by atoms with Crippen molar-refractivity contribution >= 4 is 6.03 Å². The van der Waals surface area contributed by atoms with E-state index in [0.29, 0.717) is 5.56 Å². The van der Waals surface area contributed by atoms with E-state index in [9.17, 15) is 18.0 Å². The molecule has 0 radical (unpaired) electrons. The summed E-state index contributed by atoms with van der Waals surface area (Å²) in [7, 11) is 2.03. The molecular formula is C15H20F3N3O2. The summed E-state index contributed by atoms with van der Waals surface area (Å²) in [5.74, 6) is -0.299. The van der Waals surface area contributed by atoms with E-state index in [4.69, 9.17) is 0 Å². The molecule has 128 valence electrons. The van der Waals surface area contributed by atoms with Gasteiger partial charge >= 0.3 is 12.4 Å². The summed E-state index contributed by atoms with van der Waals surface area (Å²) in [6.07, 6.45) is -2.95. The maximum Gasteiger partial charge on any atom is 0.573 e. The summed E-state index contributed by atoms with van der Waals surface area (Å²) < 4.78 is 40.4. The quantitative estimate of drug-likeness (QED) is 0.891. The number of ether oxygens (including phenoxy) is 1. The summed E-state index contributed by atoms with van der Waals surface area (Å²) in [4.78, 5) is 14.0. The van der Waals surface area contributed by atoms with Crippen LogP contribution in [0, 0.1) is 0 Å². The lowest BCUT2D eigenvalue weighted by Gasteiger charge is -2.29. The van der Waals surface area contributed by atoms with Crippen LogP contribution in [0.1, 0.15) is 18.4 Å². The van der Waals surface area contributed by atoms with E-state index in [0.717, 1.165) is 25.9 Å². The standard InChI is InChI=1S/C15H20F3N3O2/c1-21-7-5-12(6-8-21)20-14(22)19-10-11-3-2-4-13(9-11)23-15(16,17)18/h2-4,9,12H,5-8,10H2,1H3,(H2,19,20,22). The van der Waals surface area contributed by atoms with E-state index >= 15 is 0 Å². The molecule has 0 aliphatic carbocycles. The van der Waals surface area contributed by atoms with Crippen molar-refractivity contribution in [1.29, 1.82) is 0 Å². The first kappa shape index (κ1) is 17.4. The van der Waals surface area contributed by atoms with Gasteiger partial charge in [-0.2, -0.15) is 0 Å². The summed E-state index contributed by atoms with van der Waals surface area (Å²) in [5, 5.41) is 5.52. The van der Waals surface area contributed by atoms with Crippen molar-refractivity contribution in [2.45, 2.75) is 31.8 Å². The molecule has 5 nitrogen and oxygen atoms in total. The molecule has 1 aliphatic heterocycles. The van der Waals surface area contributed by atoms with E-state index in [1.165, 1.54) is 18.2 Å². The lowest BCUT2D eigenvalue weighted by Crippen LogP contribution is -2.46. The Balaban J connectivity index is 1.79. The Morgan fingerprint density at radius 3 is 2.70 bits per heavy atom. The minimum atomic E-state index is -4.72. The van der Waals surface area contributed by atoms with Gasteiger partial charge in [-0.15, -0.1) is 13.2 Å². The number of piperidine rings is 1. The molecule has 0 bridgehead atoms. The number of rotatable bonds is 4. The summed E-state index contributed by atoms with van der Waals surface area (Å²) in [6.45, 7) is 2.00. The molecule has 1 aliphatic rings. The average molecular weight is 331 g/mol. The highest BCUT2D eigenvalue weighted by Gasteiger charge is 2.31. The lowest BCUT2D eigenvalue weighted by molar-refractivity contribution is -0.274. The van der Waals surface area contributed by atoms with Crippen LogP contribution in [0.5, 0.6) is 5.75 Å². The molecule has 0 aromatic heterocycles. The van der Waals surface area contributed by atoms with Gasteiger partial charge in [0.25, 0.3) is 0 Å². The lowest BCUT2D eigenvalue weighted by atomic mass is 10.1. The first-order valence-corrected chi connectivity index (χ1v) is 7.39. The largest absolute Gasteiger partial charge is 0.573 e. The second-order valence-corrected chi connectivity index (χ2v) is 5.60. The second kappa shape index (κ2) is 7.54. The molecule has 0 saturated carbocycles. The van der Waals surface area contributed by atoms with Crippen LogP contribution in [0.25, 0.3) is 0 Å². The monoisotopic (exact) mass is 331 g/mol. The van der Waals surface area contributed by atoms with Crippen molar-refractivity contribution in [3.63, 3.8) is 0 Å². The fourth-order valence-electron chi connectivity index (χ4n) is 2.42. The first-order valence-electron chi connectivity index (χ1n) is 7.39. The van der Waals surface area contributed by atoms with E-state index in [1.807, 2.05) is 7.05 Å². The van der Waals surface area contributed by atoms with Crippen LogP contribution in [0.15, 0.2) is 24.3 Å². The van der Waals surface area contributed by atoms with Crippen molar-refractivity contribution in [3.8, 4) is 5.75 Å². The van der Waals surface area contributed by atoms with E-state index in [1.54, 1.807) is 6.07 Å². The number of urea groups is 1. The smallest absolute Gasteiger partial charge is 0.406 e. The van der Waals surface area contributed by atoms with Gasteiger partial charge in [-0.3, -0.25) is 0 Å². The third-order valence-corrected chi connectivity index (χ3v) is 3.64. The Morgan fingerprint density at radius 2 is 2.04 bits per heavy atom. The molecule has 1 aromatic carbocycles. The van der Waals surface area contributed by atoms with Crippen molar-refractivity contribution < 1.29 is 22.7 Å². The number of nitrogens with one attached hydrogen (secondary N) is 2. The zero-order chi connectivity index (χ0) is 16.9. The minimum absolute atomic E-state index is 0.131. The number of halogens is 3. The highest BCUT2D eigenvalue weighted by molar-refractivity contribution is 5.74. The number of benzene rings is 1. The van der Waals surface area contributed by atoms with Gasteiger partial charge in [0.2, 0.25) is 0 Å². The van der Waals surface area contributed by atoms with Gasteiger partial charge in [0.1, 0.15) is 5.75 Å². The molecule has 0 spiro atoms. The molecule has 0 unspecified atom stereocenters. The van der Waals surface area contributed by atoms with Gasteiger partial charge < -0.3 is 20.3 Å². The molecule has 8 heteroatoms. The number of likely N-dealkylation sites (tertiary alicyclic amines) is 1. The normalized spacial score (nSPS) is 16.9. The third kappa shape index (κ3) is 6.35. The first-order chi connectivity index (χ1) is 10.8. The minimum Gasteiger partial charge on any atom is -0.406 e. The van der Waals surface area contributed by atoms with Crippen LogP contribution < -0.4 is 15.4 Å². The number of hydrogen-bond donors (Lipinski definition) is 2. The van der Waals surface area contributed by atoms with Gasteiger partial charge in [0.05, 0.1) is 0 Å². The number of hydrogen-bond acceptors (Lipinski definition) is 3. The van der Waals surface area contributed by atoms with Crippen molar-refractivity contribution in [3.05, 3.63) is 29.8 Å². The van der Waals surface area contributed by atoms with Crippen LogP contribution in [0.3, 0.4) is 0 Å². The van der Waals surface area contributed by atoms with Gasteiger partial charge in [-0.25, -0.2) is 4.79 Å². The fourth-order valence-corrected chi connectivity index (χ4v) is 2.42. The molecular weight excluding hydrogens is 311 g/mol. The maximum atomic E-state index is 12.2. The number of nitrogens with zero attached hydrogens (tertiary/aromatic N) is 1. The highest BCUT2D eigenvalue weighted by Crippen LogP contribution is 2.23. The zero-order valence-electron chi connectivity index (χ0n) is 12.8. The number of carbonyl (C=O) groups is 1. The highest BCUT2D eigenvalue weighted by atomic mass is 19.4. The van der Waals surface area contributed by atoms with Gasteiger partial charge in [-0.05, 0) is 50.7 Å². The Labute approximate surface area is 132 Å². The summed E-state index contributed by atoms with van der Waals surface area (Å²) in [5.41, 5.74) is 0.533. The van der Waals surface area contributed by atoms with Crippen LogP contribution in [0.4, 0.5) is 18.0 Å². The van der Waals surface area contributed by atoms with Crippen LogP contribution in [-0.2, 0) is 6.54 Å². The van der Waals surface area contributed by atoms with Gasteiger partial charge in [0, 0.05) is 12.6 Å². The van der Waals surface area contributed by atoms with Gasteiger partial charge in [0.15, 0.2) is 0 Å². The predicted molar refractivity (Wildman–Crippen MR) is 79.0 cm³/mol. The molecule has 1 heterocycles. The predicted octanol–water partition coefficient (Wildman–Crippen LogP) is 2.48. The summed E-state index contributed by atoms with van der Waals surface area (Å²) >= 11 is 0. The van der Waals surface area contributed by atoms with E-state index in [-0.39, 0.29) is 24.4 Å². The fraction of sp³-hybridized carbons (Fsp3) is 0.533. The Morgan fingerprint density at radius 1 is 1.35 bits per heavy atom. The molecule has 1 fully saturated rings. The van der Waals surface area contributed by atoms with Crippen LogP contribution in [-0.4, -0.2) is 43.5 Å². The van der Waals surface area contributed by atoms with Crippen LogP contribution in [0.2, 0.25) is 0 Å². The molecule has 2 rings (SSSR count). The molecule has 0 atom stereocenters. The number of alkyl halides is 3. The molecule has 1 saturated heterocycles. The Bertz CT molecular complexity index is 529. The van der Waals surface area contributed by atoms with Crippen molar-refractivity contribution in [2.24, 2.45) is 0 Å². The molecule has 23 heavy (non-hydrogen) atoms. The molecule has 2 amide bonds. The van der Waals surface area contributed by atoms with Crippen molar-refractivity contribution in [2.75, 3.05) is 20.1 Å².